The van der Waals surface area contributed by atoms with Crippen LogP contribution in [-0.2, 0) is 6.54 Å². The van der Waals surface area contributed by atoms with Crippen molar-refractivity contribution in [2.24, 2.45) is 5.41 Å². The molecule has 0 radical (unpaired) electrons. The monoisotopic (exact) mass is 261 g/mol. The second-order valence-electron chi connectivity index (χ2n) is 6.59. The molecular formula is C17H27NO. The Labute approximate surface area is 117 Å². The first-order valence-corrected chi connectivity index (χ1v) is 7.47. The van der Waals surface area contributed by atoms with Crippen LogP contribution < -0.4 is 10.1 Å². The van der Waals surface area contributed by atoms with Gasteiger partial charge in [-0.05, 0) is 38.2 Å². The lowest BCUT2D eigenvalue weighted by Gasteiger charge is -2.28. The molecule has 1 N–H and O–H groups in total. The smallest absolute Gasteiger partial charge is 0.124 e. The Hall–Kier alpha value is -1.02. The summed E-state index contributed by atoms with van der Waals surface area (Å²) in [5.74, 6) is 1.01. The molecule has 0 aliphatic heterocycles. The van der Waals surface area contributed by atoms with Crippen LogP contribution >= 0.6 is 0 Å². The molecule has 2 nitrogen and oxygen atoms in total. The molecule has 1 fully saturated rings. The molecule has 1 saturated carbocycles. The molecule has 19 heavy (non-hydrogen) atoms. The first-order valence-electron chi connectivity index (χ1n) is 7.47. The van der Waals surface area contributed by atoms with Crippen molar-refractivity contribution in [3.05, 3.63) is 29.8 Å². The number of nitrogens with one attached hydrogen (secondary N) is 1. The van der Waals surface area contributed by atoms with Crippen LogP contribution in [-0.4, -0.2) is 12.1 Å². The predicted molar refractivity (Wildman–Crippen MR) is 80.5 cm³/mol. The lowest BCUT2D eigenvalue weighted by Crippen LogP contribution is -2.37. The number of hydrogen-bond acceptors (Lipinski definition) is 2. The molecule has 106 valence electrons. The SMILES string of the molecule is CC(C)Oc1ccccc1CNC1CCCC1(C)C. The van der Waals surface area contributed by atoms with Crippen molar-refractivity contribution in [3.8, 4) is 5.75 Å². The molecule has 0 heterocycles. The molecule has 0 bridgehead atoms. The molecule has 1 unspecified atom stereocenters. The van der Waals surface area contributed by atoms with E-state index in [1.165, 1.54) is 24.8 Å². The number of ether oxygens (including phenoxy) is 1. The average Bonchev–Trinajstić information content (AvgIpc) is 2.67. The van der Waals surface area contributed by atoms with Gasteiger partial charge in [-0.1, -0.05) is 38.5 Å². The largest absolute Gasteiger partial charge is 0.491 e. The van der Waals surface area contributed by atoms with Crippen molar-refractivity contribution < 1.29 is 4.74 Å². The fraction of sp³-hybridized carbons (Fsp3) is 0.647. The van der Waals surface area contributed by atoms with Gasteiger partial charge in [-0.2, -0.15) is 0 Å². The Balaban J connectivity index is 1.99. The number of para-hydroxylation sites is 1. The standard InChI is InChI=1S/C17H27NO/c1-13(2)19-15-9-6-5-8-14(15)12-18-16-10-7-11-17(16,3)4/h5-6,8-9,13,16,18H,7,10-12H2,1-4H3. The van der Waals surface area contributed by atoms with E-state index in [-0.39, 0.29) is 6.10 Å². The minimum Gasteiger partial charge on any atom is -0.491 e. The third kappa shape index (κ3) is 3.73. The summed E-state index contributed by atoms with van der Waals surface area (Å²) in [7, 11) is 0. The maximum absolute atomic E-state index is 5.87. The van der Waals surface area contributed by atoms with Crippen LogP contribution in [0.4, 0.5) is 0 Å². The van der Waals surface area contributed by atoms with Crippen LogP contribution in [0.3, 0.4) is 0 Å². The summed E-state index contributed by atoms with van der Waals surface area (Å²) in [5.41, 5.74) is 1.69. The quantitative estimate of drug-likeness (QED) is 0.860. The lowest BCUT2D eigenvalue weighted by molar-refractivity contribution is 0.237. The van der Waals surface area contributed by atoms with E-state index in [4.69, 9.17) is 4.74 Å². The molecule has 1 atom stereocenters. The summed E-state index contributed by atoms with van der Waals surface area (Å²) in [6.45, 7) is 9.79. The third-order valence-corrected chi connectivity index (χ3v) is 4.13. The van der Waals surface area contributed by atoms with Crippen LogP contribution in [0.5, 0.6) is 5.75 Å². The average molecular weight is 261 g/mol. The molecule has 0 saturated heterocycles. The van der Waals surface area contributed by atoms with Crippen LogP contribution in [0, 0.1) is 5.41 Å². The highest BCUT2D eigenvalue weighted by Gasteiger charge is 2.33. The summed E-state index contributed by atoms with van der Waals surface area (Å²) in [6.07, 6.45) is 4.19. The summed E-state index contributed by atoms with van der Waals surface area (Å²) >= 11 is 0. The Kier molecular flexibility index (Phi) is 4.51. The van der Waals surface area contributed by atoms with E-state index in [9.17, 15) is 0 Å². The summed E-state index contributed by atoms with van der Waals surface area (Å²) < 4.78 is 5.87. The Bertz CT molecular complexity index is 411. The zero-order valence-corrected chi connectivity index (χ0v) is 12.7. The van der Waals surface area contributed by atoms with E-state index in [1.54, 1.807) is 0 Å². The Morgan fingerprint density at radius 3 is 2.68 bits per heavy atom. The van der Waals surface area contributed by atoms with Crippen LogP contribution in [0.1, 0.15) is 52.5 Å². The van der Waals surface area contributed by atoms with Gasteiger partial charge in [-0.3, -0.25) is 0 Å². The maximum Gasteiger partial charge on any atom is 0.124 e. The summed E-state index contributed by atoms with van der Waals surface area (Å²) in [4.78, 5) is 0. The van der Waals surface area contributed by atoms with E-state index in [0.717, 1.165) is 12.3 Å². The molecule has 1 aliphatic rings. The van der Waals surface area contributed by atoms with Crippen molar-refractivity contribution in [2.45, 2.75) is 65.6 Å². The van der Waals surface area contributed by atoms with Gasteiger partial charge in [0.1, 0.15) is 5.75 Å². The molecule has 2 heteroatoms. The fourth-order valence-electron chi connectivity index (χ4n) is 2.96. The molecular weight excluding hydrogens is 234 g/mol. The predicted octanol–water partition coefficient (Wildman–Crippen LogP) is 4.14. The van der Waals surface area contributed by atoms with E-state index in [0.29, 0.717) is 11.5 Å². The van der Waals surface area contributed by atoms with E-state index in [1.807, 2.05) is 6.07 Å². The molecule has 0 aromatic heterocycles. The molecule has 0 amide bonds. The zero-order valence-electron chi connectivity index (χ0n) is 12.7. The minimum absolute atomic E-state index is 0.226. The van der Waals surface area contributed by atoms with Crippen molar-refractivity contribution in [2.75, 3.05) is 0 Å². The zero-order chi connectivity index (χ0) is 13.9. The second-order valence-corrected chi connectivity index (χ2v) is 6.59. The molecule has 1 aromatic carbocycles. The second kappa shape index (κ2) is 5.96. The highest BCUT2D eigenvalue weighted by Crippen LogP contribution is 2.37. The van der Waals surface area contributed by atoms with Gasteiger partial charge in [-0.25, -0.2) is 0 Å². The van der Waals surface area contributed by atoms with Gasteiger partial charge in [0.05, 0.1) is 6.10 Å². The molecule has 2 rings (SSSR count). The van der Waals surface area contributed by atoms with E-state index < -0.39 is 0 Å². The molecule has 1 aliphatic carbocycles. The highest BCUT2D eigenvalue weighted by atomic mass is 16.5. The fourth-order valence-corrected chi connectivity index (χ4v) is 2.96. The van der Waals surface area contributed by atoms with Crippen molar-refractivity contribution in [1.29, 1.82) is 0 Å². The third-order valence-electron chi connectivity index (χ3n) is 4.13. The summed E-state index contributed by atoms with van der Waals surface area (Å²) in [6, 6.07) is 8.98. The van der Waals surface area contributed by atoms with Crippen molar-refractivity contribution in [3.63, 3.8) is 0 Å². The van der Waals surface area contributed by atoms with Gasteiger partial charge in [0.15, 0.2) is 0 Å². The molecule has 0 spiro atoms. The van der Waals surface area contributed by atoms with E-state index in [2.05, 4.69) is 51.2 Å². The number of benzene rings is 1. The first kappa shape index (κ1) is 14.4. The van der Waals surface area contributed by atoms with Gasteiger partial charge < -0.3 is 10.1 Å². The number of rotatable bonds is 5. The first-order chi connectivity index (χ1) is 8.99. The van der Waals surface area contributed by atoms with Crippen molar-refractivity contribution in [1.82, 2.24) is 5.32 Å². The maximum atomic E-state index is 5.87. The molecule has 1 aromatic rings. The van der Waals surface area contributed by atoms with Crippen LogP contribution in [0.2, 0.25) is 0 Å². The Morgan fingerprint density at radius 2 is 2.05 bits per heavy atom. The van der Waals surface area contributed by atoms with Crippen LogP contribution in [0.25, 0.3) is 0 Å². The van der Waals surface area contributed by atoms with Gasteiger partial charge in [0.2, 0.25) is 0 Å². The summed E-state index contributed by atoms with van der Waals surface area (Å²) in [5, 5.41) is 3.72. The topological polar surface area (TPSA) is 21.3 Å². The van der Waals surface area contributed by atoms with Gasteiger partial charge in [0, 0.05) is 18.2 Å². The Morgan fingerprint density at radius 1 is 1.32 bits per heavy atom. The normalized spacial score (nSPS) is 21.8. The highest BCUT2D eigenvalue weighted by molar-refractivity contribution is 5.33. The lowest BCUT2D eigenvalue weighted by atomic mass is 9.87. The van der Waals surface area contributed by atoms with Gasteiger partial charge in [-0.15, -0.1) is 0 Å². The minimum atomic E-state index is 0.226. The van der Waals surface area contributed by atoms with Crippen molar-refractivity contribution >= 4 is 0 Å². The number of hydrogen-bond donors (Lipinski definition) is 1. The van der Waals surface area contributed by atoms with Gasteiger partial charge in [0.25, 0.3) is 0 Å². The van der Waals surface area contributed by atoms with Gasteiger partial charge >= 0.3 is 0 Å². The van der Waals surface area contributed by atoms with E-state index >= 15 is 0 Å². The van der Waals surface area contributed by atoms with Crippen LogP contribution in [0.15, 0.2) is 24.3 Å².